The van der Waals surface area contributed by atoms with Crippen molar-refractivity contribution in [1.29, 1.82) is 0 Å². The van der Waals surface area contributed by atoms with Crippen LogP contribution in [-0.4, -0.2) is 30.6 Å². The predicted molar refractivity (Wildman–Crippen MR) is 107 cm³/mol. The molecule has 150 valence electrons. The molecule has 0 saturated carbocycles. The number of nitrogens with two attached hydrogens (primary N) is 1. The van der Waals surface area contributed by atoms with Gasteiger partial charge in [-0.3, -0.25) is 9.59 Å². The van der Waals surface area contributed by atoms with Crippen molar-refractivity contribution in [3.05, 3.63) is 65.5 Å². The fourth-order valence-electron chi connectivity index (χ4n) is 2.89. The van der Waals surface area contributed by atoms with Crippen LogP contribution in [0.2, 0.25) is 0 Å². The smallest absolute Gasteiger partial charge is 0.255 e. The van der Waals surface area contributed by atoms with E-state index < -0.39 is 6.10 Å². The molecule has 0 aliphatic carbocycles. The van der Waals surface area contributed by atoms with Crippen LogP contribution in [0.15, 0.2) is 48.5 Å². The maximum absolute atomic E-state index is 12.9. The topological polar surface area (TPSA) is 93.5 Å². The molecule has 0 bridgehead atoms. The Morgan fingerprint density at radius 2 is 1.75 bits per heavy atom. The van der Waals surface area contributed by atoms with Gasteiger partial charge in [0.2, 0.25) is 5.91 Å². The number of halogens is 2. The zero-order chi connectivity index (χ0) is 19.2. The summed E-state index contributed by atoms with van der Waals surface area (Å²) in [5, 5.41) is 5.59. The summed E-state index contributed by atoms with van der Waals surface area (Å²) >= 11 is 0. The molecule has 1 saturated heterocycles. The first kappa shape index (κ1) is 21.8. The first-order chi connectivity index (χ1) is 13.0. The van der Waals surface area contributed by atoms with Crippen molar-refractivity contribution in [1.82, 2.24) is 5.32 Å². The van der Waals surface area contributed by atoms with Crippen LogP contribution in [0.3, 0.4) is 0 Å². The summed E-state index contributed by atoms with van der Waals surface area (Å²) in [6, 6.07) is 12.5. The first-order valence-corrected chi connectivity index (χ1v) is 8.84. The molecule has 0 radical (unpaired) electrons. The molecule has 2 atom stereocenters. The van der Waals surface area contributed by atoms with Gasteiger partial charge in [-0.15, -0.1) is 12.4 Å². The molecule has 0 spiro atoms. The summed E-state index contributed by atoms with van der Waals surface area (Å²) in [4.78, 5) is 24.2. The van der Waals surface area contributed by atoms with E-state index in [-0.39, 0.29) is 36.1 Å². The predicted octanol–water partition coefficient (Wildman–Crippen LogP) is 2.62. The lowest BCUT2D eigenvalue weighted by atomic mass is 10.1. The highest BCUT2D eigenvalue weighted by Gasteiger charge is 2.29. The first-order valence-electron chi connectivity index (χ1n) is 8.84. The third-order valence-electron chi connectivity index (χ3n) is 4.45. The van der Waals surface area contributed by atoms with Crippen LogP contribution < -0.4 is 16.4 Å². The molecule has 2 amide bonds. The number of hydrogen-bond donors (Lipinski definition) is 3. The van der Waals surface area contributed by atoms with Crippen LogP contribution in [0, 0.1) is 5.82 Å². The average Bonchev–Trinajstić information content (AvgIpc) is 3.17. The summed E-state index contributed by atoms with van der Waals surface area (Å²) in [6.45, 7) is 0.799. The Labute approximate surface area is 169 Å². The highest BCUT2D eigenvalue weighted by molar-refractivity contribution is 6.04. The zero-order valence-electron chi connectivity index (χ0n) is 15.2. The monoisotopic (exact) mass is 407 g/mol. The number of carbonyl (C=O) groups is 2. The van der Waals surface area contributed by atoms with Crippen LogP contribution in [0.5, 0.6) is 0 Å². The van der Waals surface area contributed by atoms with Gasteiger partial charge in [-0.1, -0.05) is 12.1 Å². The van der Waals surface area contributed by atoms with Gasteiger partial charge in [0.25, 0.3) is 5.91 Å². The Kier molecular flexibility index (Phi) is 7.92. The summed E-state index contributed by atoms with van der Waals surface area (Å²) < 4.78 is 18.5. The Balaban J connectivity index is 0.00000280. The number of rotatable bonds is 6. The number of carbonyl (C=O) groups excluding carboxylic acids is 2. The Bertz CT molecular complexity index is 799. The molecule has 1 fully saturated rings. The van der Waals surface area contributed by atoms with Crippen LogP contribution in [0.1, 0.15) is 28.8 Å². The highest BCUT2D eigenvalue weighted by atomic mass is 35.5. The Morgan fingerprint density at radius 3 is 2.36 bits per heavy atom. The molecule has 1 heterocycles. The van der Waals surface area contributed by atoms with E-state index in [1.807, 2.05) is 12.1 Å². The van der Waals surface area contributed by atoms with Crippen molar-refractivity contribution in [2.24, 2.45) is 5.73 Å². The third kappa shape index (κ3) is 5.76. The van der Waals surface area contributed by atoms with Gasteiger partial charge in [0.05, 0.1) is 6.10 Å². The van der Waals surface area contributed by atoms with Crippen molar-refractivity contribution in [3.8, 4) is 0 Å². The number of ether oxygens (including phenoxy) is 1. The van der Waals surface area contributed by atoms with Gasteiger partial charge in [-0.05, 0) is 54.8 Å². The lowest BCUT2D eigenvalue weighted by Gasteiger charge is -2.13. The molecule has 6 nitrogen and oxygen atoms in total. The normalized spacial score (nSPS) is 18.2. The summed E-state index contributed by atoms with van der Waals surface area (Å²) in [7, 11) is 0. The molecule has 8 heteroatoms. The average molecular weight is 408 g/mol. The Hall–Kier alpha value is -2.48. The largest absolute Gasteiger partial charge is 0.364 e. The van der Waals surface area contributed by atoms with Crippen molar-refractivity contribution in [2.75, 3.05) is 11.9 Å². The molecule has 28 heavy (non-hydrogen) atoms. The molecule has 1 aliphatic rings. The Morgan fingerprint density at radius 1 is 1.07 bits per heavy atom. The van der Waals surface area contributed by atoms with Crippen LogP contribution >= 0.6 is 12.4 Å². The minimum Gasteiger partial charge on any atom is -0.364 e. The van der Waals surface area contributed by atoms with Gasteiger partial charge >= 0.3 is 0 Å². The number of anilines is 1. The molecule has 2 aromatic rings. The van der Waals surface area contributed by atoms with Crippen molar-refractivity contribution < 1.29 is 18.7 Å². The second-order valence-corrected chi connectivity index (χ2v) is 6.44. The third-order valence-corrected chi connectivity index (χ3v) is 4.45. The highest BCUT2D eigenvalue weighted by Crippen LogP contribution is 2.19. The number of nitrogens with one attached hydrogen (secondary N) is 2. The summed E-state index contributed by atoms with van der Waals surface area (Å²) in [5.74, 6) is -0.844. The van der Waals surface area contributed by atoms with Gasteiger partial charge in [0.15, 0.2) is 0 Å². The van der Waals surface area contributed by atoms with E-state index in [4.69, 9.17) is 10.5 Å². The minimum absolute atomic E-state index is 0. The molecule has 0 unspecified atom stereocenters. The fourth-order valence-corrected chi connectivity index (χ4v) is 2.89. The van der Waals surface area contributed by atoms with E-state index in [9.17, 15) is 14.0 Å². The van der Waals surface area contributed by atoms with Crippen LogP contribution in [0.25, 0.3) is 0 Å². The minimum atomic E-state index is -0.437. The van der Waals surface area contributed by atoms with E-state index in [2.05, 4.69) is 10.6 Å². The molecular formula is C20H23ClFN3O3. The van der Waals surface area contributed by atoms with Gasteiger partial charge < -0.3 is 21.1 Å². The summed E-state index contributed by atoms with van der Waals surface area (Å²) in [5.41, 5.74) is 7.44. The summed E-state index contributed by atoms with van der Waals surface area (Å²) in [6.07, 6.45) is 1.01. The van der Waals surface area contributed by atoms with Gasteiger partial charge in [0.1, 0.15) is 11.9 Å². The molecule has 3 rings (SSSR count). The number of benzene rings is 2. The number of amides is 2. The lowest BCUT2D eigenvalue weighted by molar-refractivity contribution is -0.132. The SMILES string of the molecule is Cl.NC[C@H]1CC[C@@H](C(=O)NCc2ccc(NC(=O)c3ccc(F)cc3)cc2)O1. The maximum Gasteiger partial charge on any atom is 0.255 e. The maximum atomic E-state index is 12.9. The van der Waals surface area contributed by atoms with E-state index >= 15 is 0 Å². The van der Waals surface area contributed by atoms with Gasteiger partial charge in [0, 0.05) is 24.3 Å². The van der Waals surface area contributed by atoms with E-state index in [0.29, 0.717) is 30.8 Å². The number of hydrogen-bond acceptors (Lipinski definition) is 4. The quantitative estimate of drug-likeness (QED) is 0.686. The van der Waals surface area contributed by atoms with Gasteiger partial charge in [-0.2, -0.15) is 0 Å². The van der Waals surface area contributed by atoms with E-state index in [1.165, 1.54) is 24.3 Å². The molecule has 1 aliphatic heterocycles. The van der Waals surface area contributed by atoms with E-state index in [0.717, 1.165) is 12.0 Å². The fraction of sp³-hybridized carbons (Fsp3) is 0.300. The van der Waals surface area contributed by atoms with Crippen molar-refractivity contribution in [2.45, 2.75) is 31.6 Å². The second-order valence-electron chi connectivity index (χ2n) is 6.44. The molecule has 0 aromatic heterocycles. The standard InChI is InChI=1S/C20H22FN3O3.ClH/c21-15-5-3-14(4-6-15)19(25)24-16-7-1-13(2-8-16)12-23-20(26)18-10-9-17(11-22)27-18;/h1-8,17-18H,9-12,22H2,(H,23,26)(H,24,25);1H/t17-,18+;/m1./s1. The molecule has 4 N–H and O–H groups in total. The van der Waals surface area contributed by atoms with Gasteiger partial charge in [-0.25, -0.2) is 4.39 Å². The van der Waals surface area contributed by atoms with Crippen LogP contribution in [-0.2, 0) is 16.1 Å². The molecule has 2 aromatic carbocycles. The second kappa shape index (κ2) is 10.2. The van der Waals surface area contributed by atoms with E-state index in [1.54, 1.807) is 12.1 Å². The lowest BCUT2D eigenvalue weighted by Crippen LogP contribution is -2.35. The molecular weight excluding hydrogens is 385 g/mol. The van der Waals surface area contributed by atoms with Crippen molar-refractivity contribution in [3.63, 3.8) is 0 Å². The zero-order valence-corrected chi connectivity index (χ0v) is 16.0. The van der Waals surface area contributed by atoms with Crippen molar-refractivity contribution >= 4 is 29.9 Å². The van der Waals surface area contributed by atoms with Crippen LogP contribution in [0.4, 0.5) is 10.1 Å².